The average molecular weight is 324 g/mol. The minimum atomic E-state index is 0.112. The highest BCUT2D eigenvalue weighted by Gasteiger charge is 2.23. The van der Waals surface area contributed by atoms with Gasteiger partial charge in [0.2, 0.25) is 0 Å². The second-order valence-corrected chi connectivity index (χ2v) is 6.47. The van der Waals surface area contributed by atoms with Gasteiger partial charge in [0.05, 0.1) is 5.69 Å². The first-order valence-corrected chi connectivity index (χ1v) is 7.65. The lowest BCUT2D eigenvalue weighted by atomic mass is 9.86. The van der Waals surface area contributed by atoms with Crippen LogP contribution in [0.3, 0.4) is 0 Å². The molecule has 2 rings (SSSR count). The first-order valence-electron chi connectivity index (χ1n) is 6.86. The fraction of sp³-hybridized carbons (Fsp3) is 0.533. The van der Waals surface area contributed by atoms with Crippen LogP contribution in [-0.2, 0) is 0 Å². The lowest BCUT2D eigenvalue weighted by Crippen LogP contribution is -2.35. The quantitative estimate of drug-likeness (QED) is 0.657. The highest BCUT2D eigenvalue weighted by Crippen LogP contribution is 2.33. The van der Waals surface area contributed by atoms with Crippen LogP contribution in [0.15, 0.2) is 22.7 Å². The Kier molecular flexibility index (Phi) is 4.50. The van der Waals surface area contributed by atoms with Gasteiger partial charge in [-0.25, -0.2) is 0 Å². The van der Waals surface area contributed by atoms with E-state index in [0.29, 0.717) is 6.04 Å². The van der Waals surface area contributed by atoms with Crippen molar-refractivity contribution in [2.75, 3.05) is 11.9 Å². The van der Waals surface area contributed by atoms with E-state index in [9.17, 15) is 0 Å². The Morgan fingerprint density at radius 1 is 1.42 bits per heavy atom. The predicted molar refractivity (Wildman–Crippen MR) is 85.0 cm³/mol. The van der Waals surface area contributed by atoms with Crippen LogP contribution in [0.1, 0.15) is 38.2 Å². The first kappa shape index (κ1) is 14.4. The summed E-state index contributed by atoms with van der Waals surface area (Å²) in [5.74, 6) is 0.928. The molecule has 3 nitrogen and oxygen atoms in total. The van der Waals surface area contributed by atoms with E-state index in [2.05, 4.69) is 40.9 Å². The number of anilines is 1. The van der Waals surface area contributed by atoms with Crippen molar-refractivity contribution >= 4 is 27.5 Å². The normalized spacial score (nSPS) is 23.1. The number of hydrogen-bond donors (Lipinski definition) is 2. The van der Waals surface area contributed by atoms with Gasteiger partial charge in [-0.05, 0) is 52.9 Å². The summed E-state index contributed by atoms with van der Waals surface area (Å²) < 4.78 is 1.01. The van der Waals surface area contributed by atoms with Crippen molar-refractivity contribution in [1.29, 1.82) is 5.41 Å². The van der Waals surface area contributed by atoms with Crippen LogP contribution in [-0.4, -0.2) is 18.9 Å². The molecule has 0 radical (unpaired) electrons. The zero-order valence-electron chi connectivity index (χ0n) is 11.6. The molecular weight excluding hydrogens is 302 g/mol. The second-order valence-electron chi connectivity index (χ2n) is 5.62. The summed E-state index contributed by atoms with van der Waals surface area (Å²) in [7, 11) is 2.16. The van der Waals surface area contributed by atoms with Crippen LogP contribution < -0.4 is 10.6 Å². The van der Waals surface area contributed by atoms with Crippen molar-refractivity contribution < 1.29 is 0 Å². The van der Waals surface area contributed by atoms with E-state index in [1.165, 1.54) is 31.4 Å². The summed E-state index contributed by atoms with van der Waals surface area (Å²) in [6.07, 6.45) is 5.20. The SMILES string of the molecule is CC1CCCC(N(C)c2ccc(C(=N)N)cc2Br)C1. The third-order valence-corrected chi connectivity index (χ3v) is 4.73. The third-order valence-electron chi connectivity index (χ3n) is 4.10. The molecule has 0 amide bonds. The summed E-state index contributed by atoms with van der Waals surface area (Å²) in [5, 5.41) is 7.48. The minimum Gasteiger partial charge on any atom is -0.384 e. The van der Waals surface area contributed by atoms with Crippen LogP contribution in [0, 0.1) is 11.3 Å². The number of nitrogen functional groups attached to an aromatic ring is 1. The number of amidine groups is 1. The average Bonchev–Trinajstić information content (AvgIpc) is 2.37. The molecule has 2 atom stereocenters. The van der Waals surface area contributed by atoms with Gasteiger partial charge in [-0.15, -0.1) is 0 Å². The first-order chi connectivity index (χ1) is 8.99. The van der Waals surface area contributed by atoms with Gasteiger partial charge in [-0.1, -0.05) is 19.8 Å². The van der Waals surface area contributed by atoms with Gasteiger partial charge in [-0.2, -0.15) is 0 Å². The number of nitrogens with two attached hydrogens (primary N) is 1. The van der Waals surface area contributed by atoms with E-state index in [1.807, 2.05) is 12.1 Å². The molecule has 1 aromatic carbocycles. The zero-order valence-corrected chi connectivity index (χ0v) is 13.2. The highest BCUT2D eigenvalue weighted by molar-refractivity contribution is 9.10. The van der Waals surface area contributed by atoms with E-state index in [4.69, 9.17) is 11.1 Å². The van der Waals surface area contributed by atoms with Gasteiger partial charge < -0.3 is 10.6 Å². The number of nitrogens with zero attached hydrogens (tertiary/aromatic N) is 1. The highest BCUT2D eigenvalue weighted by atomic mass is 79.9. The molecule has 0 spiro atoms. The molecule has 1 aromatic rings. The van der Waals surface area contributed by atoms with Crippen LogP contribution in [0.5, 0.6) is 0 Å². The molecule has 1 aliphatic rings. The van der Waals surface area contributed by atoms with Crippen molar-refractivity contribution in [2.45, 2.75) is 38.6 Å². The molecule has 0 bridgehead atoms. The molecule has 2 unspecified atom stereocenters. The molecule has 104 valence electrons. The van der Waals surface area contributed by atoms with Crippen LogP contribution in [0.2, 0.25) is 0 Å². The Labute approximate surface area is 123 Å². The van der Waals surface area contributed by atoms with Crippen molar-refractivity contribution in [3.05, 3.63) is 28.2 Å². The maximum Gasteiger partial charge on any atom is 0.122 e. The predicted octanol–water partition coefficient (Wildman–Crippen LogP) is 3.75. The molecule has 1 fully saturated rings. The Hall–Kier alpha value is -1.03. The molecule has 0 heterocycles. The van der Waals surface area contributed by atoms with E-state index in [1.54, 1.807) is 0 Å². The Morgan fingerprint density at radius 2 is 2.16 bits per heavy atom. The fourth-order valence-corrected chi connectivity index (χ4v) is 3.57. The number of hydrogen-bond acceptors (Lipinski definition) is 2. The van der Waals surface area contributed by atoms with Gasteiger partial charge in [0.25, 0.3) is 0 Å². The summed E-state index contributed by atoms with van der Waals surface area (Å²) in [5.41, 5.74) is 7.47. The maximum atomic E-state index is 7.48. The van der Waals surface area contributed by atoms with E-state index < -0.39 is 0 Å². The molecular formula is C15H22BrN3. The summed E-state index contributed by atoms with van der Waals surface area (Å²) >= 11 is 3.60. The van der Waals surface area contributed by atoms with Crippen LogP contribution in [0.4, 0.5) is 5.69 Å². The van der Waals surface area contributed by atoms with E-state index in [0.717, 1.165) is 16.0 Å². The fourth-order valence-electron chi connectivity index (χ4n) is 2.91. The van der Waals surface area contributed by atoms with Crippen LogP contribution in [0.25, 0.3) is 0 Å². The lowest BCUT2D eigenvalue weighted by molar-refractivity contribution is 0.336. The third kappa shape index (κ3) is 3.30. The summed E-state index contributed by atoms with van der Waals surface area (Å²) in [4.78, 5) is 2.36. The van der Waals surface area contributed by atoms with Gasteiger partial charge in [0, 0.05) is 23.1 Å². The van der Waals surface area contributed by atoms with Gasteiger partial charge in [0.1, 0.15) is 5.84 Å². The van der Waals surface area contributed by atoms with E-state index in [-0.39, 0.29) is 5.84 Å². The zero-order chi connectivity index (χ0) is 14.0. The maximum absolute atomic E-state index is 7.48. The van der Waals surface area contributed by atoms with Crippen LogP contribution >= 0.6 is 15.9 Å². The van der Waals surface area contributed by atoms with E-state index >= 15 is 0 Å². The molecule has 1 saturated carbocycles. The Bertz CT molecular complexity index is 472. The molecule has 0 aliphatic heterocycles. The lowest BCUT2D eigenvalue weighted by Gasteiger charge is -2.36. The van der Waals surface area contributed by atoms with Gasteiger partial charge in [0.15, 0.2) is 0 Å². The van der Waals surface area contributed by atoms with Crippen molar-refractivity contribution in [2.24, 2.45) is 11.7 Å². The topological polar surface area (TPSA) is 53.1 Å². The number of rotatable bonds is 3. The van der Waals surface area contributed by atoms with Crippen molar-refractivity contribution in [3.8, 4) is 0 Å². The number of halogens is 1. The largest absolute Gasteiger partial charge is 0.384 e. The summed E-state index contributed by atoms with van der Waals surface area (Å²) in [6, 6.07) is 6.52. The Balaban J connectivity index is 2.19. The standard InChI is InChI=1S/C15H22BrN3/c1-10-4-3-5-12(8-10)19(2)14-7-6-11(15(17)18)9-13(14)16/h6-7,9-10,12H,3-5,8H2,1-2H3,(H3,17,18). The molecule has 19 heavy (non-hydrogen) atoms. The van der Waals surface area contributed by atoms with Gasteiger partial charge >= 0.3 is 0 Å². The van der Waals surface area contributed by atoms with Crippen molar-refractivity contribution in [3.63, 3.8) is 0 Å². The molecule has 1 aliphatic carbocycles. The smallest absolute Gasteiger partial charge is 0.122 e. The number of nitrogens with one attached hydrogen (secondary N) is 1. The van der Waals surface area contributed by atoms with Gasteiger partial charge in [-0.3, -0.25) is 5.41 Å². The molecule has 3 N–H and O–H groups in total. The molecule has 0 aromatic heterocycles. The summed E-state index contributed by atoms with van der Waals surface area (Å²) in [6.45, 7) is 2.34. The molecule has 4 heteroatoms. The monoisotopic (exact) mass is 323 g/mol. The second kappa shape index (κ2) is 5.95. The van der Waals surface area contributed by atoms with Crippen molar-refractivity contribution in [1.82, 2.24) is 0 Å². The Morgan fingerprint density at radius 3 is 2.74 bits per heavy atom. The molecule has 0 saturated heterocycles. The minimum absolute atomic E-state index is 0.112. The number of benzene rings is 1.